The van der Waals surface area contributed by atoms with Crippen molar-refractivity contribution in [2.75, 3.05) is 0 Å². The molecule has 0 bridgehead atoms. The third-order valence-corrected chi connectivity index (χ3v) is 4.54. The summed E-state index contributed by atoms with van der Waals surface area (Å²) in [6, 6.07) is 13.2. The predicted molar refractivity (Wildman–Crippen MR) is 81.6 cm³/mol. The molecule has 0 fully saturated rings. The number of para-hydroxylation sites is 1. The van der Waals surface area contributed by atoms with E-state index in [-0.39, 0.29) is 10.6 Å². The van der Waals surface area contributed by atoms with E-state index in [0.717, 1.165) is 15.6 Å². The lowest BCUT2D eigenvalue weighted by Crippen LogP contribution is -1.92. The van der Waals surface area contributed by atoms with Gasteiger partial charge in [-0.05, 0) is 34.1 Å². The van der Waals surface area contributed by atoms with E-state index in [4.69, 9.17) is 0 Å². The summed E-state index contributed by atoms with van der Waals surface area (Å²) in [5.41, 5.74) is 1.68. The third kappa shape index (κ3) is 2.05. The molecule has 0 atom stereocenters. The molecule has 0 amide bonds. The molecule has 2 aromatic carbocycles. The van der Waals surface area contributed by atoms with Crippen LogP contribution in [0.25, 0.3) is 21.2 Å². The fourth-order valence-corrected chi connectivity index (χ4v) is 3.58. The standard InChI is InChI=1S/C14H8BrNO2S/c15-12-6-3-5-10(14(12)16(17)18)11-8-19-13-7-2-1-4-9(11)13/h1-8H. The molecule has 0 saturated carbocycles. The van der Waals surface area contributed by atoms with Gasteiger partial charge in [-0.15, -0.1) is 11.3 Å². The van der Waals surface area contributed by atoms with Gasteiger partial charge in [-0.25, -0.2) is 0 Å². The number of halogens is 1. The maximum Gasteiger partial charge on any atom is 0.291 e. The van der Waals surface area contributed by atoms with Crippen molar-refractivity contribution in [3.05, 3.63) is 62.4 Å². The highest BCUT2D eigenvalue weighted by atomic mass is 79.9. The first-order valence-electron chi connectivity index (χ1n) is 5.58. The Morgan fingerprint density at radius 2 is 1.84 bits per heavy atom. The fraction of sp³-hybridized carbons (Fsp3) is 0. The third-order valence-electron chi connectivity index (χ3n) is 2.94. The van der Waals surface area contributed by atoms with E-state index in [1.54, 1.807) is 23.5 Å². The van der Waals surface area contributed by atoms with Gasteiger partial charge in [0.15, 0.2) is 0 Å². The van der Waals surface area contributed by atoms with Crippen molar-refractivity contribution in [2.24, 2.45) is 0 Å². The Morgan fingerprint density at radius 1 is 1.05 bits per heavy atom. The van der Waals surface area contributed by atoms with Crippen molar-refractivity contribution in [3.8, 4) is 11.1 Å². The van der Waals surface area contributed by atoms with Crippen molar-refractivity contribution in [1.82, 2.24) is 0 Å². The van der Waals surface area contributed by atoms with Crippen LogP contribution < -0.4 is 0 Å². The van der Waals surface area contributed by atoms with Gasteiger partial charge in [0.25, 0.3) is 5.69 Å². The molecule has 0 spiro atoms. The molecule has 1 aromatic heterocycles. The van der Waals surface area contributed by atoms with Crippen molar-refractivity contribution >= 4 is 43.0 Å². The summed E-state index contributed by atoms with van der Waals surface area (Å²) in [7, 11) is 0. The molecule has 3 rings (SSSR count). The number of thiophene rings is 1. The molecule has 19 heavy (non-hydrogen) atoms. The number of nitrogens with zero attached hydrogens (tertiary/aromatic N) is 1. The zero-order valence-corrected chi connectivity index (χ0v) is 12.1. The normalized spacial score (nSPS) is 10.8. The minimum Gasteiger partial charge on any atom is -0.258 e. The molecule has 0 radical (unpaired) electrons. The molecule has 0 N–H and O–H groups in total. The number of nitro groups is 1. The number of hydrogen-bond donors (Lipinski definition) is 0. The quantitative estimate of drug-likeness (QED) is 0.475. The van der Waals surface area contributed by atoms with Gasteiger partial charge >= 0.3 is 0 Å². The molecule has 0 unspecified atom stereocenters. The summed E-state index contributed by atoms with van der Waals surface area (Å²) >= 11 is 4.86. The van der Waals surface area contributed by atoms with Gasteiger partial charge in [0.1, 0.15) is 0 Å². The molecule has 0 aliphatic rings. The van der Waals surface area contributed by atoms with Crippen molar-refractivity contribution in [1.29, 1.82) is 0 Å². The second-order valence-corrected chi connectivity index (χ2v) is 5.80. The van der Waals surface area contributed by atoms with E-state index in [9.17, 15) is 10.1 Å². The Hall–Kier alpha value is -1.72. The van der Waals surface area contributed by atoms with Crippen molar-refractivity contribution < 1.29 is 4.92 Å². The first-order valence-corrected chi connectivity index (χ1v) is 7.25. The number of hydrogen-bond acceptors (Lipinski definition) is 3. The van der Waals surface area contributed by atoms with Gasteiger partial charge in [0.05, 0.1) is 15.0 Å². The van der Waals surface area contributed by atoms with Crippen LogP contribution in [0, 0.1) is 10.1 Å². The van der Waals surface area contributed by atoms with E-state index in [0.29, 0.717) is 10.0 Å². The highest BCUT2D eigenvalue weighted by molar-refractivity contribution is 9.10. The summed E-state index contributed by atoms with van der Waals surface area (Å²) in [5, 5.41) is 14.3. The van der Waals surface area contributed by atoms with Gasteiger partial charge in [-0.1, -0.05) is 24.3 Å². The van der Waals surface area contributed by atoms with Crippen LogP contribution in [0.5, 0.6) is 0 Å². The molecule has 0 saturated heterocycles. The van der Waals surface area contributed by atoms with Gasteiger partial charge in [-0.2, -0.15) is 0 Å². The van der Waals surface area contributed by atoms with Crippen LogP contribution >= 0.6 is 27.3 Å². The Kier molecular flexibility index (Phi) is 3.08. The van der Waals surface area contributed by atoms with E-state index in [1.165, 1.54) is 0 Å². The smallest absolute Gasteiger partial charge is 0.258 e. The Morgan fingerprint density at radius 3 is 2.63 bits per heavy atom. The fourth-order valence-electron chi connectivity index (χ4n) is 2.10. The van der Waals surface area contributed by atoms with E-state index >= 15 is 0 Å². The topological polar surface area (TPSA) is 43.1 Å². The second-order valence-electron chi connectivity index (χ2n) is 4.04. The lowest BCUT2D eigenvalue weighted by Gasteiger charge is -2.03. The van der Waals surface area contributed by atoms with Gasteiger partial charge < -0.3 is 0 Å². The highest BCUT2D eigenvalue weighted by Crippen LogP contribution is 2.41. The van der Waals surface area contributed by atoms with E-state index in [2.05, 4.69) is 15.9 Å². The van der Waals surface area contributed by atoms with Crippen LogP contribution in [-0.2, 0) is 0 Å². The van der Waals surface area contributed by atoms with Crippen LogP contribution in [0.1, 0.15) is 0 Å². The lowest BCUT2D eigenvalue weighted by atomic mass is 10.0. The first kappa shape index (κ1) is 12.3. The van der Waals surface area contributed by atoms with Gasteiger partial charge in [-0.3, -0.25) is 10.1 Å². The number of benzene rings is 2. The minimum absolute atomic E-state index is 0.117. The number of nitro benzene ring substituents is 1. The van der Waals surface area contributed by atoms with Crippen LogP contribution in [0.15, 0.2) is 52.3 Å². The zero-order valence-electron chi connectivity index (χ0n) is 9.67. The first-order chi connectivity index (χ1) is 9.18. The van der Waals surface area contributed by atoms with Crippen LogP contribution in [0.4, 0.5) is 5.69 Å². The predicted octanol–water partition coefficient (Wildman–Crippen LogP) is 5.24. The van der Waals surface area contributed by atoms with Crippen LogP contribution in [-0.4, -0.2) is 4.92 Å². The van der Waals surface area contributed by atoms with Crippen LogP contribution in [0.2, 0.25) is 0 Å². The molecule has 94 valence electrons. The molecule has 5 heteroatoms. The Labute approximate surface area is 121 Å². The molecule has 1 heterocycles. The summed E-state index contributed by atoms with van der Waals surface area (Å²) in [4.78, 5) is 10.9. The number of fused-ring (bicyclic) bond motifs is 1. The van der Waals surface area contributed by atoms with Crippen molar-refractivity contribution in [2.45, 2.75) is 0 Å². The van der Waals surface area contributed by atoms with Crippen LogP contribution in [0.3, 0.4) is 0 Å². The molecule has 0 aliphatic carbocycles. The van der Waals surface area contributed by atoms with Gasteiger partial charge in [0, 0.05) is 21.0 Å². The summed E-state index contributed by atoms with van der Waals surface area (Å²) in [6.45, 7) is 0. The molecule has 3 nitrogen and oxygen atoms in total. The largest absolute Gasteiger partial charge is 0.291 e. The second kappa shape index (κ2) is 4.75. The highest BCUT2D eigenvalue weighted by Gasteiger charge is 2.21. The Bertz CT molecular complexity index is 782. The maximum atomic E-state index is 11.3. The average molecular weight is 334 g/mol. The number of rotatable bonds is 2. The van der Waals surface area contributed by atoms with Crippen molar-refractivity contribution in [3.63, 3.8) is 0 Å². The molecular weight excluding hydrogens is 326 g/mol. The monoisotopic (exact) mass is 333 g/mol. The maximum absolute atomic E-state index is 11.3. The van der Waals surface area contributed by atoms with E-state index < -0.39 is 0 Å². The summed E-state index contributed by atoms with van der Waals surface area (Å²) in [5.74, 6) is 0. The molecule has 3 aromatic rings. The van der Waals surface area contributed by atoms with Gasteiger partial charge in [0.2, 0.25) is 0 Å². The SMILES string of the molecule is O=[N+]([O-])c1c(Br)cccc1-c1csc2ccccc12. The zero-order chi connectivity index (χ0) is 13.4. The minimum atomic E-state index is -0.341. The average Bonchev–Trinajstić information content (AvgIpc) is 2.81. The Balaban J connectivity index is 2.33. The molecular formula is C14H8BrNO2S. The summed E-state index contributed by atoms with van der Waals surface area (Å²) in [6.07, 6.45) is 0. The lowest BCUT2D eigenvalue weighted by molar-refractivity contribution is -0.385. The molecule has 0 aliphatic heterocycles. The summed E-state index contributed by atoms with van der Waals surface area (Å²) < 4.78 is 1.64. The van der Waals surface area contributed by atoms with E-state index in [1.807, 2.05) is 35.7 Å².